The molecule has 0 atom stereocenters. The zero-order chi connectivity index (χ0) is 14.7. The standard InChI is InChI=1S/C12H10ClN7O/c13-8-1-3-9(4-2-8)21-12-17-10(19-14)16-11(18-12)20-6-5-15-7-20/h1-7H,14H2,(H,16,17,18,19). The number of anilines is 1. The van der Waals surface area contributed by atoms with Gasteiger partial charge in [-0.2, -0.15) is 15.0 Å². The molecule has 106 valence electrons. The van der Waals surface area contributed by atoms with Crippen LogP contribution in [0.25, 0.3) is 5.95 Å². The second-order valence-electron chi connectivity index (χ2n) is 3.91. The van der Waals surface area contributed by atoms with E-state index < -0.39 is 0 Å². The number of aromatic nitrogens is 5. The van der Waals surface area contributed by atoms with Crippen molar-refractivity contribution in [2.24, 2.45) is 5.84 Å². The lowest BCUT2D eigenvalue weighted by Crippen LogP contribution is -2.13. The number of imidazole rings is 1. The van der Waals surface area contributed by atoms with Crippen molar-refractivity contribution in [3.63, 3.8) is 0 Å². The quantitative estimate of drug-likeness (QED) is 0.559. The molecular formula is C12H10ClN7O. The fourth-order valence-electron chi connectivity index (χ4n) is 1.56. The molecule has 1 aromatic carbocycles. The van der Waals surface area contributed by atoms with Crippen LogP contribution in [0, 0.1) is 0 Å². The average molecular weight is 304 g/mol. The summed E-state index contributed by atoms with van der Waals surface area (Å²) in [5, 5.41) is 0.612. The molecule has 2 aromatic heterocycles. The number of halogens is 1. The molecule has 3 aromatic rings. The van der Waals surface area contributed by atoms with Crippen molar-refractivity contribution in [3.05, 3.63) is 48.0 Å². The molecule has 0 aliphatic carbocycles. The fraction of sp³-hybridized carbons (Fsp3) is 0. The molecule has 0 spiro atoms. The Morgan fingerprint density at radius 1 is 1.14 bits per heavy atom. The molecule has 0 fully saturated rings. The number of hydrazine groups is 1. The summed E-state index contributed by atoms with van der Waals surface area (Å²) in [5.41, 5.74) is 2.37. The number of benzene rings is 1. The van der Waals surface area contributed by atoms with Crippen LogP contribution < -0.4 is 16.0 Å². The van der Waals surface area contributed by atoms with Gasteiger partial charge in [0.1, 0.15) is 12.1 Å². The van der Waals surface area contributed by atoms with Gasteiger partial charge in [0.05, 0.1) is 0 Å². The number of nitrogen functional groups attached to an aromatic ring is 1. The zero-order valence-corrected chi connectivity index (χ0v) is 11.4. The van der Waals surface area contributed by atoms with E-state index in [4.69, 9.17) is 22.2 Å². The highest BCUT2D eigenvalue weighted by Gasteiger charge is 2.09. The van der Waals surface area contributed by atoms with Gasteiger partial charge in [-0.25, -0.2) is 10.8 Å². The third kappa shape index (κ3) is 3.07. The van der Waals surface area contributed by atoms with Gasteiger partial charge in [-0.15, -0.1) is 0 Å². The summed E-state index contributed by atoms with van der Waals surface area (Å²) in [4.78, 5) is 16.3. The molecule has 0 saturated carbocycles. The molecule has 9 heteroatoms. The Balaban J connectivity index is 1.94. The van der Waals surface area contributed by atoms with Crippen molar-refractivity contribution in [2.75, 3.05) is 5.43 Å². The van der Waals surface area contributed by atoms with Gasteiger partial charge >= 0.3 is 6.01 Å². The minimum atomic E-state index is 0.101. The topological polar surface area (TPSA) is 104 Å². The molecule has 2 heterocycles. The highest BCUT2D eigenvalue weighted by Crippen LogP contribution is 2.21. The predicted octanol–water partition coefficient (Wildman–Crippen LogP) is 1.79. The zero-order valence-electron chi connectivity index (χ0n) is 10.6. The number of nitrogens with zero attached hydrogens (tertiary/aromatic N) is 5. The first-order valence-corrected chi connectivity index (χ1v) is 6.27. The molecule has 0 radical (unpaired) electrons. The normalized spacial score (nSPS) is 10.4. The Bertz CT molecular complexity index is 730. The molecular weight excluding hydrogens is 294 g/mol. The van der Waals surface area contributed by atoms with Crippen LogP contribution in [0.3, 0.4) is 0 Å². The van der Waals surface area contributed by atoms with Crippen LogP contribution in [0.4, 0.5) is 5.95 Å². The van der Waals surface area contributed by atoms with Crippen molar-refractivity contribution in [2.45, 2.75) is 0 Å². The van der Waals surface area contributed by atoms with E-state index in [1.807, 2.05) is 0 Å². The molecule has 3 rings (SSSR count). The lowest BCUT2D eigenvalue weighted by Gasteiger charge is -2.07. The molecule has 0 aliphatic rings. The van der Waals surface area contributed by atoms with Crippen LogP contribution in [0.1, 0.15) is 0 Å². The van der Waals surface area contributed by atoms with Crippen LogP contribution in [0.5, 0.6) is 11.8 Å². The first-order valence-electron chi connectivity index (χ1n) is 5.89. The molecule has 8 nitrogen and oxygen atoms in total. The molecule has 0 aliphatic heterocycles. The molecule has 3 N–H and O–H groups in total. The third-order valence-corrected chi connectivity index (χ3v) is 2.74. The number of rotatable bonds is 4. The molecule has 0 unspecified atom stereocenters. The van der Waals surface area contributed by atoms with Crippen molar-refractivity contribution >= 4 is 17.5 Å². The summed E-state index contributed by atoms with van der Waals surface area (Å²) in [7, 11) is 0. The van der Waals surface area contributed by atoms with Gasteiger partial charge in [-0.1, -0.05) is 11.6 Å². The van der Waals surface area contributed by atoms with E-state index in [9.17, 15) is 0 Å². The highest BCUT2D eigenvalue weighted by molar-refractivity contribution is 6.30. The van der Waals surface area contributed by atoms with E-state index in [0.717, 1.165) is 0 Å². The van der Waals surface area contributed by atoms with Crippen molar-refractivity contribution < 1.29 is 4.74 Å². The second-order valence-corrected chi connectivity index (χ2v) is 4.35. The highest BCUT2D eigenvalue weighted by atomic mass is 35.5. The lowest BCUT2D eigenvalue weighted by atomic mass is 10.3. The first-order chi connectivity index (χ1) is 10.2. The minimum Gasteiger partial charge on any atom is -0.424 e. The summed E-state index contributed by atoms with van der Waals surface area (Å²) in [6.07, 6.45) is 4.86. The van der Waals surface area contributed by atoms with Crippen LogP contribution in [-0.2, 0) is 0 Å². The average Bonchev–Trinajstić information content (AvgIpc) is 3.04. The van der Waals surface area contributed by atoms with Crippen LogP contribution in [-0.4, -0.2) is 24.5 Å². The SMILES string of the molecule is NNc1nc(Oc2ccc(Cl)cc2)nc(-n2ccnc2)n1. The Kier molecular flexibility index (Phi) is 3.63. The largest absolute Gasteiger partial charge is 0.424 e. The number of hydrogen-bond donors (Lipinski definition) is 2. The van der Waals surface area contributed by atoms with Crippen LogP contribution >= 0.6 is 11.6 Å². The third-order valence-electron chi connectivity index (χ3n) is 2.49. The summed E-state index contributed by atoms with van der Waals surface area (Å²) >= 11 is 5.82. The Morgan fingerprint density at radius 3 is 2.62 bits per heavy atom. The molecule has 0 amide bonds. The number of hydrogen-bond acceptors (Lipinski definition) is 7. The number of nitrogens with one attached hydrogen (secondary N) is 1. The van der Waals surface area contributed by atoms with E-state index in [0.29, 0.717) is 16.7 Å². The van der Waals surface area contributed by atoms with Gasteiger partial charge in [-0.05, 0) is 24.3 Å². The smallest absolute Gasteiger partial charge is 0.328 e. The van der Waals surface area contributed by atoms with E-state index in [1.165, 1.54) is 0 Å². The maximum absolute atomic E-state index is 5.82. The summed E-state index contributed by atoms with van der Waals surface area (Å²) in [5.74, 6) is 6.41. The van der Waals surface area contributed by atoms with Crippen LogP contribution in [0.15, 0.2) is 43.0 Å². The van der Waals surface area contributed by atoms with Gasteiger partial charge in [0, 0.05) is 17.4 Å². The molecule has 0 bridgehead atoms. The van der Waals surface area contributed by atoms with Gasteiger partial charge in [0.2, 0.25) is 11.9 Å². The molecule has 0 saturated heterocycles. The van der Waals surface area contributed by atoms with Gasteiger partial charge in [0.15, 0.2) is 0 Å². The van der Waals surface area contributed by atoms with E-state index in [2.05, 4.69) is 25.4 Å². The summed E-state index contributed by atoms with van der Waals surface area (Å²) in [6, 6.07) is 6.93. The Morgan fingerprint density at radius 2 is 1.95 bits per heavy atom. The number of ether oxygens (including phenoxy) is 1. The van der Waals surface area contributed by atoms with Crippen LogP contribution in [0.2, 0.25) is 5.02 Å². The maximum atomic E-state index is 5.82. The van der Waals surface area contributed by atoms with Crippen molar-refractivity contribution in [1.29, 1.82) is 0 Å². The van der Waals surface area contributed by atoms with E-state index in [-0.39, 0.29) is 12.0 Å². The van der Waals surface area contributed by atoms with Gasteiger partial charge < -0.3 is 4.74 Å². The van der Waals surface area contributed by atoms with E-state index in [1.54, 1.807) is 47.6 Å². The fourth-order valence-corrected chi connectivity index (χ4v) is 1.68. The number of nitrogens with two attached hydrogens (primary N) is 1. The van der Waals surface area contributed by atoms with Crippen molar-refractivity contribution in [1.82, 2.24) is 24.5 Å². The maximum Gasteiger partial charge on any atom is 0.328 e. The summed E-state index contributed by atoms with van der Waals surface area (Å²) < 4.78 is 7.17. The lowest BCUT2D eigenvalue weighted by molar-refractivity contribution is 0.439. The summed E-state index contributed by atoms with van der Waals surface area (Å²) in [6.45, 7) is 0. The Hall–Kier alpha value is -2.71. The van der Waals surface area contributed by atoms with Gasteiger partial charge in [0.25, 0.3) is 0 Å². The monoisotopic (exact) mass is 303 g/mol. The van der Waals surface area contributed by atoms with Gasteiger partial charge in [-0.3, -0.25) is 9.99 Å². The predicted molar refractivity (Wildman–Crippen MR) is 76.3 cm³/mol. The second kappa shape index (κ2) is 5.73. The van der Waals surface area contributed by atoms with Crippen molar-refractivity contribution in [3.8, 4) is 17.7 Å². The first kappa shape index (κ1) is 13.3. The minimum absolute atomic E-state index is 0.101. The molecule has 21 heavy (non-hydrogen) atoms. The Labute approximate surface area is 124 Å². The van der Waals surface area contributed by atoms with E-state index >= 15 is 0 Å².